The summed E-state index contributed by atoms with van der Waals surface area (Å²) in [6, 6.07) is 6.38. The zero-order valence-electron chi connectivity index (χ0n) is 9.64. The highest BCUT2D eigenvalue weighted by Gasteiger charge is 2.44. The van der Waals surface area contributed by atoms with Gasteiger partial charge in [-0.05, 0) is 24.3 Å². The van der Waals surface area contributed by atoms with Crippen LogP contribution in [0.1, 0.15) is 5.56 Å². The van der Waals surface area contributed by atoms with Gasteiger partial charge in [0.05, 0.1) is 13.7 Å². The predicted molar refractivity (Wildman–Crippen MR) is 65.8 cm³/mol. The summed E-state index contributed by atoms with van der Waals surface area (Å²) >= 11 is 5.73. The summed E-state index contributed by atoms with van der Waals surface area (Å²) in [4.78, 5) is 24.1. The van der Waals surface area contributed by atoms with Crippen molar-refractivity contribution in [3.63, 3.8) is 0 Å². The molecule has 5 heteroatoms. The van der Waals surface area contributed by atoms with Crippen molar-refractivity contribution >= 4 is 23.5 Å². The molecule has 1 saturated heterocycles. The van der Waals surface area contributed by atoms with Gasteiger partial charge in [0.1, 0.15) is 6.04 Å². The van der Waals surface area contributed by atoms with Gasteiger partial charge >= 0.3 is 5.97 Å². The maximum atomic E-state index is 11.6. The Labute approximate surface area is 109 Å². The van der Waals surface area contributed by atoms with Crippen LogP contribution in [-0.4, -0.2) is 36.5 Å². The number of ether oxygens (including phenoxy) is 1. The number of halogens is 1. The van der Waals surface area contributed by atoms with Gasteiger partial charge in [0.25, 0.3) is 5.91 Å². The van der Waals surface area contributed by atoms with E-state index < -0.39 is 12.0 Å². The average molecular weight is 264 g/mol. The smallest absolute Gasteiger partial charge is 0.330 e. The van der Waals surface area contributed by atoms with E-state index in [1.165, 1.54) is 12.0 Å². The van der Waals surface area contributed by atoms with E-state index in [1.807, 2.05) is 0 Å². The lowest BCUT2D eigenvalue weighted by Gasteiger charge is -1.96. The summed E-state index contributed by atoms with van der Waals surface area (Å²) in [5.74, 6) is 4.41. The number of methoxy groups -OCH3 is 1. The second kappa shape index (κ2) is 5.11. The van der Waals surface area contributed by atoms with E-state index in [4.69, 9.17) is 11.6 Å². The Bertz CT molecular complexity index is 542. The van der Waals surface area contributed by atoms with Gasteiger partial charge in [-0.1, -0.05) is 17.5 Å². The average Bonchev–Trinajstić information content (AvgIpc) is 3.17. The van der Waals surface area contributed by atoms with E-state index in [1.54, 1.807) is 24.3 Å². The molecule has 0 spiro atoms. The molecule has 18 heavy (non-hydrogen) atoms. The van der Waals surface area contributed by atoms with Gasteiger partial charge in [-0.2, -0.15) is 0 Å². The molecule has 1 aromatic rings. The molecule has 1 heterocycles. The van der Waals surface area contributed by atoms with Gasteiger partial charge in [-0.15, -0.1) is 0 Å². The van der Waals surface area contributed by atoms with Gasteiger partial charge in [0, 0.05) is 16.5 Å². The van der Waals surface area contributed by atoms with Crippen LogP contribution in [0.3, 0.4) is 0 Å². The van der Waals surface area contributed by atoms with Gasteiger partial charge < -0.3 is 9.64 Å². The number of esters is 1. The van der Waals surface area contributed by atoms with E-state index in [9.17, 15) is 9.59 Å². The van der Waals surface area contributed by atoms with Crippen LogP contribution in [-0.2, 0) is 14.3 Å². The van der Waals surface area contributed by atoms with Crippen molar-refractivity contribution in [1.29, 1.82) is 0 Å². The lowest BCUT2D eigenvalue weighted by molar-refractivity contribution is -0.142. The Kier molecular flexibility index (Phi) is 3.54. The minimum Gasteiger partial charge on any atom is -0.467 e. The highest BCUT2D eigenvalue weighted by molar-refractivity contribution is 6.30. The molecule has 1 aliphatic heterocycles. The van der Waals surface area contributed by atoms with E-state index in [2.05, 4.69) is 16.6 Å². The zero-order chi connectivity index (χ0) is 13.1. The monoisotopic (exact) mass is 263 g/mol. The molecule has 0 aromatic heterocycles. The quantitative estimate of drug-likeness (QED) is 0.433. The van der Waals surface area contributed by atoms with Gasteiger partial charge in [0.2, 0.25) is 0 Å². The molecule has 2 rings (SSSR count). The lowest BCUT2D eigenvalue weighted by Crippen LogP contribution is -2.18. The first kappa shape index (κ1) is 12.5. The fraction of sp³-hybridized carbons (Fsp3) is 0.231. The van der Waals surface area contributed by atoms with Crippen LogP contribution in [0.5, 0.6) is 0 Å². The summed E-state index contributed by atoms with van der Waals surface area (Å²) in [7, 11) is 1.29. The van der Waals surface area contributed by atoms with Crippen LogP contribution in [0.15, 0.2) is 24.3 Å². The van der Waals surface area contributed by atoms with Crippen molar-refractivity contribution in [3.8, 4) is 11.8 Å². The molecular weight excluding hydrogens is 254 g/mol. The Morgan fingerprint density at radius 1 is 1.39 bits per heavy atom. The third kappa shape index (κ3) is 2.82. The molecule has 0 radical (unpaired) electrons. The second-order valence-electron chi connectivity index (χ2n) is 3.75. The number of rotatable bonds is 1. The number of carbonyl (C=O) groups excluding carboxylic acids is 2. The fourth-order valence-corrected chi connectivity index (χ4v) is 1.56. The molecule has 1 aromatic carbocycles. The number of nitrogens with zero attached hydrogens (tertiary/aromatic N) is 1. The summed E-state index contributed by atoms with van der Waals surface area (Å²) in [5.41, 5.74) is 0.698. The van der Waals surface area contributed by atoms with Crippen LogP contribution < -0.4 is 0 Å². The largest absolute Gasteiger partial charge is 0.467 e. The van der Waals surface area contributed by atoms with Crippen molar-refractivity contribution in [2.45, 2.75) is 6.04 Å². The Balaban J connectivity index is 1.97. The topological polar surface area (TPSA) is 46.4 Å². The van der Waals surface area contributed by atoms with Crippen LogP contribution in [0.25, 0.3) is 0 Å². The Hall–Kier alpha value is -1.99. The number of hydrogen-bond acceptors (Lipinski definition) is 3. The lowest BCUT2D eigenvalue weighted by atomic mass is 10.2. The summed E-state index contributed by atoms with van der Waals surface area (Å²) < 4.78 is 4.53. The summed E-state index contributed by atoms with van der Waals surface area (Å²) in [6.45, 7) is 0.376. The van der Waals surface area contributed by atoms with Crippen molar-refractivity contribution in [2.24, 2.45) is 0 Å². The van der Waals surface area contributed by atoms with Crippen molar-refractivity contribution in [2.75, 3.05) is 13.7 Å². The fourth-order valence-electron chi connectivity index (χ4n) is 1.43. The Morgan fingerprint density at radius 3 is 2.67 bits per heavy atom. The first-order valence-electron chi connectivity index (χ1n) is 5.28. The molecule has 0 N–H and O–H groups in total. The van der Waals surface area contributed by atoms with Crippen LogP contribution in [0.4, 0.5) is 0 Å². The maximum Gasteiger partial charge on any atom is 0.330 e. The minimum atomic E-state index is -0.470. The van der Waals surface area contributed by atoms with E-state index >= 15 is 0 Å². The van der Waals surface area contributed by atoms with Crippen molar-refractivity contribution < 1.29 is 14.3 Å². The second-order valence-corrected chi connectivity index (χ2v) is 4.19. The van der Waals surface area contributed by atoms with Crippen molar-refractivity contribution in [1.82, 2.24) is 4.90 Å². The predicted octanol–water partition coefficient (Wildman–Crippen LogP) is 1.08. The van der Waals surface area contributed by atoms with Gasteiger partial charge in [-0.25, -0.2) is 4.79 Å². The first-order valence-corrected chi connectivity index (χ1v) is 5.65. The number of carbonyl (C=O) groups is 2. The SMILES string of the molecule is COC(=O)C1CN1C(=O)C#Cc1ccc(Cl)cc1. The number of amides is 1. The summed E-state index contributed by atoms with van der Waals surface area (Å²) in [5, 5.41) is 0.614. The van der Waals surface area contributed by atoms with E-state index in [-0.39, 0.29) is 5.91 Å². The molecule has 4 nitrogen and oxygen atoms in total. The molecule has 1 amide bonds. The van der Waals surface area contributed by atoms with Crippen molar-refractivity contribution in [3.05, 3.63) is 34.9 Å². The minimum absolute atomic E-state index is 0.375. The molecule has 92 valence electrons. The van der Waals surface area contributed by atoms with E-state index in [0.29, 0.717) is 17.1 Å². The highest BCUT2D eigenvalue weighted by Crippen LogP contribution is 2.18. The van der Waals surface area contributed by atoms with Crippen LogP contribution in [0, 0.1) is 11.8 Å². The summed E-state index contributed by atoms with van der Waals surface area (Å²) in [6.07, 6.45) is 0. The van der Waals surface area contributed by atoms with Gasteiger partial charge in [-0.3, -0.25) is 4.79 Å². The number of hydrogen-bond donors (Lipinski definition) is 0. The maximum absolute atomic E-state index is 11.6. The zero-order valence-corrected chi connectivity index (χ0v) is 10.4. The van der Waals surface area contributed by atoms with Gasteiger partial charge in [0.15, 0.2) is 0 Å². The molecule has 1 atom stereocenters. The molecule has 0 saturated carbocycles. The Morgan fingerprint density at radius 2 is 2.06 bits per heavy atom. The molecular formula is C13H10ClNO3. The number of benzene rings is 1. The standard InChI is InChI=1S/C13H10ClNO3/c1-18-13(17)11-8-15(11)12(16)7-4-9-2-5-10(14)6-3-9/h2-3,5-6,11H,8H2,1H3. The highest BCUT2D eigenvalue weighted by atomic mass is 35.5. The third-order valence-electron chi connectivity index (χ3n) is 2.50. The molecule has 1 fully saturated rings. The molecule has 1 aliphatic rings. The van der Waals surface area contributed by atoms with Crippen LogP contribution in [0.2, 0.25) is 5.02 Å². The normalized spacial score (nSPS) is 16.6. The van der Waals surface area contributed by atoms with Crippen LogP contribution >= 0.6 is 11.6 Å². The first-order chi connectivity index (χ1) is 8.61. The van der Waals surface area contributed by atoms with E-state index in [0.717, 1.165) is 0 Å². The molecule has 0 bridgehead atoms. The third-order valence-corrected chi connectivity index (χ3v) is 2.76. The molecule has 0 aliphatic carbocycles. The molecule has 1 unspecified atom stereocenters.